The molecular weight excluding hydrogens is 248 g/mol. The first-order chi connectivity index (χ1) is 9.70. The average Bonchev–Trinajstić information content (AvgIpc) is 2.90. The molecule has 1 spiro atoms. The van der Waals surface area contributed by atoms with E-state index in [1.807, 2.05) is 0 Å². The molecule has 1 amide bonds. The molecule has 3 aliphatic rings. The lowest BCUT2D eigenvalue weighted by molar-refractivity contribution is -0.133. The summed E-state index contributed by atoms with van der Waals surface area (Å²) in [4.78, 5) is 15.0. The van der Waals surface area contributed by atoms with Gasteiger partial charge < -0.3 is 4.90 Å². The van der Waals surface area contributed by atoms with E-state index in [1.165, 1.54) is 36.8 Å². The van der Waals surface area contributed by atoms with Crippen LogP contribution in [0.4, 0.5) is 0 Å². The maximum absolute atomic E-state index is 12.8. The van der Waals surface area contributed by atoms with Crippen LogP contribution in [0.3, 0.4) is 0 Å². The van der Waals surface area contributed by atoms with Crippen LogP contribution in [-0.2, 0) is 4.79 Å². The Balaban J connectivity index is 1.70. The third kappa shape index (κ3) is 1.80. The fourth-order valence-electron chi connectivity index (χ4n) is 3.88. The number of nitrogens with zero attached hydrogens (tertiary/aromatic N) is 1. The highest BCUT2D eigenvalue weighted by Crippen LogP contribution is 2.48. The molecule has 3 fully saturated rings. The van der Waals surface area contributed by atoms with Crippen LogP contribution < -0.4 is 5.32 Å². The first kappa shape index (κ1) is 12.4. The van der Waals surface area contributed by atoms with Crippen LogP contribution in [0.25, 0.3) is 0 Å². The lowest BCUT2D eigenvalue weighted by Crippen LogP contribution is -2.39. The van der Waals surface area contributed by atoms with E-state index in [-0.39, 0.29) is 11.7 Å². The van der Waals surface area contributed by atoms with Gasteiger partial charge in [-0.2, -0.15) is 0 Å². The summed E-state index contributed by atoms with van der Waals surface area (Å²) in [5.74, 6) is 0.357. The number of benzene rings is 1. The molecule has 3 nitrogen and oxygen atoms in total. The number of rotatable bonds is 2. The first-order valence-corrected chi connectivity index (χ1v) is 7.87. The van der Waals surface area contributed by atoms with E-state index in [9.17, 15) is 4.79 Å². The molecule has 1 N–H and O–H groups in total. The van der Waals surface area contributed by atoms with E-state index in [0.29, 0.717) is 11.9 Å². The smallest absolute Gasteiger partial charge is 0.244 e. The van der Waals surface area contributed by atoms with E-state index in [4.69, 9.17) is 0 Å². The molecule has 0 aromatic heterocycles. The van der Waals surface area contributed by atoms with E-state index < -0.39 is 0 Å². The minimum atomic E-state index is -0.211. The van der Waals surface area contributed by atoms with Crippen molar-refractivity contribution in [1.82, 2.24) is 10.2 Å². The molecule has 1 aromatic carbocycles. The zero-order valence-corrected chi connectivity index (χ0v) is 12.1. The number of hydrogen-bond acceptors (Lipinski definition) is 2. The van der Waals surface area contributed by atoms with Crippen molar-refractivity contribution in [1.29, 1.82) is 0 Å². The summed E-state index contributed by atoms with van der Waals surface area (Å²) in [5, 5.41) is 3.64. The maximum Gasteiger partial charge on any atom is 0.244 e. The van der Waals surface area contributed by atoms with Gasteiger partial charge in [0.05, 0.1) is 0 Å². The highest BCUT2D eigenvalue weighted by atomic mass is 16.2. The molecule has 1 aromatic rings. The molecule has 2 saturated carbocycles. The molecule has 4 rings (SSSR count). The standard InChI is InChI=1S/C17H22N2O/c1-12-5-4-6-13(11-12)15-18-17(9-10-17)16(20)19(15)14-7-2-3-8-14/h4-6,11,14-15,18H,2-3,7-10H2,1H3. The van der Waals surface area contributed by atoms with Crippen molar-refractivity contribution in [3.8, 4) is 0 Å². The molecule has 0 bridgehead atoms. The fourth-order valence-corrected chi connectivity index (χ4v) is 3.88. The Morgan fingerprint density at radius 1 is 1.25 bits per heavy atom. The van der Waals surface area contributed by atoms with E-state index >= 15 is 0 Å². The number of carbonyl (C=O) groups is 1. The summed E-state index contributed by atoms with van der Waals surface area (Å²) in [5.41, 5.74) is 2.30. The van der Waals surface area contributed by atoms with Crippen molar-refractivity contribution >= 4 is 5.91 Å². The molecule has 2 aliphatic carbocycles. The lowest BCUT2D eigenvalue weighted by Gasteiger charge is -2.30. The molecule has 1 saturated heterocycles. The van der Waals surface area contributed by atoms with Gasteiger partial charge in [0.2, 0.25) is 5.91 Å². The van der Waals surface area contributed by atoms with Gasteiger partial charge in [0.1, 0.15) is 11.7 Å². The second-order valence-corrected chi connectivity index (χ2v) is 6.69. The molecule has 1 aliphatic heterocycles. The molecular formula is C17H22N2O. The van der Waals surface area contributed by atoms with Gasteiger partial charge in [-0.3, -0.25) is 10.1 Å². The monoisotopic (exact) mass is 270 g/mol. The molecule has 1 unspecified atom stereocenters. The summed E-state index contributed by atoms with van der Waals surface area (Å²) < 4.78 is 0. The van der Waals surface area contributed by atoms with Crippen LogP contribution in [0.2, 0.25) is 0 Å². The van der Waals surface area contributed by atoms with Crippen LogP contribution in [0.5, 0.6) is 0 Å². The largest absolute Gasteiger partial charge is 0.318 e. The van der Waals surface area contributed by atoms with Crippen molar-refractivity contribution in [3.63, 3.8) is 0 Å². The molecule has 20 heavy (non-hydrogen) atoms. The van der Waals surface area contributed by atoms with Crippen LogP contribution in [-0.4, -0.2) is 22.4 Å². The third-order valence-electron chi connectivity index (χ3n) is 5.16. The maximum atomic E-state index is 12.8. The lowest BCUT2D eigenvalue weighted by atomic mass is 10.1. The Labute approximate surface area is 120 Å². The van der Waals surface area contributed by atoms with Crippen molar-refractivity contribution in [2.75, 3.05) is 0 Å². The van der Waals surface area contributed by atoms with Crippen molar-refractivity contribution < 1.29 is 4.79 Å². The number of nitrogens with one attached hydrogen (secondary N) is 1. The van der Waals surface area contributed by atoms with Gasteiger partial charge in [0, 0.05) is 6.04 Å². The van der Waals surface area contributed by atoms with Crippen molar-refractivity contribution in [2.45, 2.75) is 63.2 Å². The summed E-state index contributed by atoms with van der Waals surface area (Å²) in [7, 11) is 0. The van der Waals surface area contributed by atoms with Crippen LogP contribution >= 0.6 is 0 Å². The Bertz CT molecular complexity index is 544. The van der Waals surface area contributed by atoms with Gasteiger partial charge in [-0.25, -0.2) is 0 Å². The zero-order valence-electron chi connectivity index (χ0n) is 12.1. The first-order valence-electron chi connectivity index (χ1n) is 7.87. The normalized spacial score (nSPS) is 28.6. The van der Waals surface area contributed by atoms with Gasteiger partial charge in [-0.05, 0) is 38.2 Å². The molecule has 1 atom stereocenters. The third-order valence-corrected chi connectivity index (χ3v) is 5.16. The SMILES string of the molecule is Cc1cccc(C2NC3(CC3)C(=O)N2C2CCCC2)c1. The molecule has 3 heteroatoms. The predicted molar refractivity (Wildman–Crippen MR) is 78.1 cm³/mol. The number of hydrogen-bond donors (Lipinski definition) is 1. The van der Waals surface area contributed by atoms with E-state index in [1.54, 1.807) is 0 Å². The number of aryl methyl sites for hydroxylation is 1. The topological polar surface area (TPSA) is 32.3 Å². The second kappa shape index (κ2) is 4.32. The Hall–Kier alpha value is -1.35. The summed E-state index contributed by atoms with van der Waals surface area (Å²) in [6, 6.07) is 9.03. The van der Waals surface area contributed by atoms with Gasteiger partial charge >= 0.3 is 0 Å². The molecule has 1 heterocycles. The zero-order chi connectivity index (χ0) is 13.7. The van der Waals surface area contributed by atoms with Crippen LogP contribution in [0.1, 0.15) is 55.8 Å². The van der Waals surface area contributed by atoms with Gasteiger partial charge in [0.25, 0.3) is 0 Å². The Morgan fingerprint density at radius 3 is 2.65 bits per heavy atom. The van der Waals surface area contributed by atoms with Crippen molar-refractivity contribution in [2.24, 2.45) is 0 Å². The summed E-state index contributed by atoms with van der Waals surface area (Å²) >= 11 is 0. The van der Waals surface area contributed by atoms with Gasteiger partial charge in [0.15, 0.2) is 0 Å². The van der Waals surface area contributed by atoms with Crippen molar-refractivity contribution in [3.05, 3.63) is 35.4 Å². The predicted octanol–water partition coefficient (Wildman–Crippen LogP) is 2.90. The average molecular weight is 270 g/mol. The highest BCUT2D eigenvalue weighted by Gasteiger charge is 2.60. The Kier molecular flexibility index (Phi) is 2.68. The number of amides is 1. The van der Waals surface area contributed by atoms with E-state index in [2.05, 4.69) is 41.4 Å². The minimum Gasteiger partial charge on any atom is -0.318 e. The van der Waals surface area contributed by atoms with Crippen LogP contribution in [0.15, 0.2) is 24.3 Å². The minimum absolute atomic E-state index is 0.0907. The van der Waals surface area contributed by atoms with E-state index in [0.717, 1.165) is 12.8 Å². The van der Waals surface area contributed by atoms with Crippen LogP contribution in [0, 0.1) is 6.92 Å². The summed E-state index contributed by atoms with van der Waals surface area (Å²) in [6.07, 6.45) is 6.99. The second-order valence-electron chi connectivity index (χ2n) is 6.69. The quantitative estimate of drug-likeness (QED) is 0.896. The fraction of sp³-hybridized carbons (Fsp3) is 0.588. The molecule has 0 radical (unpaired) electrons. The Morgan fingerprint density at radius 2 is 2.00 bits per heavy atom. The number of carbonyl (C=O) groups excluding carboxylic acids is 1. The molecule has 106 valence electrons. The summed E-state index contributed by atoms with van der Waals surface area (Å²) in [6.45, 7) is 2.12. The van der Waals surface area contributed by atoms with Gasteiger partial charge in [-0.1, -0.05) is 42.7 Å². The highest BCUT2D eigenvalue weighted by molar-refractivity contribution is 5.92. The van der Waals surface area contributed by atoms with Gasteiger partial charge in [-0.15, -0.1) is 0 Å².